The molecule has 0 radical (unpaired) electrons. The van der Waals surface area contributed by atoms with Gasteiger partial charge in [0.15, 0.2) is 0 Å². The second-order valence-corrected chi connectivity index (χ2v) is 6.44. The minimum Gasteiger partial charge on any atom is -0.271 e. The van der Waals surface area contributed by atoms with Gasteiger partial charge in [0.05, 0.1) is 17.1 Å². The van der Waals surface area contributed by atoms with E-state index in [1.165, 1.54) is 24.8 Å². The van der Waals surface area contributed by atoms with Crippen molar-refractivity contribution in [3.05, 3.63) is 36.2 Å². The van der Waals surface area contributed by atoms with E-state index in [1.54, 1.807) is 12.4 Å². The molecule has 1 aliphatic rings. The van der Waals surface area contributed by atoms with E-state index in [0.29, 0.717) is 5.92 Å². The van der Waals surface area contributed by atoms with Crippen molar-refractivity contribution < 1.29 is 0 Å². The monoisotopic (exact) mass is 284 g/mol. The highest BCUT2D eigenvalue weighted by Gasteiger charge is 2.31. The first-order valence-corrected chi connectivity index (χ1v) is 7.86. The molecule has 3 N–H and O–H groups in total. The number of benzene rings is 1. The lowest BCUT2D eigenvalue weighted by molar-refractivity contribution is 0.172. The van der Waals surface area contributed by atoms with Crippen LogP contribution in [0, 0.1) is 17.8 Å². The van der Waals surface area contributed by atoms with E-state index in [4.69, 9.17) is 5.84 Å². The van der Waals surface area contributed by atoms with E-state index in [9.17, 15) is 0 Å². The summed E-state index contributed by atoms with van der Waals surface area (Å²) < 4.78 is 0. The molecule has 4 nitrogen and oxygen atoms in total. The molecule has 1 saturated carbocycles. The minimum atomic E-state index is 0.153. The van der Waals surface area contributed by atoms with Gasteiger partial charge in [0, 0.05) is 12.4 Å². The maximum Gasteiger partial charge on any atom is 0.0935 e. The van der Waals surface area contributed by atoms with Crippen molar-refractivity contribution in [3.8, 4) is 0 Å². The Morgan fingerprint density at radius 3 is 2.71 bits per heavy atom. The summed E-state index contributed by atoms with van der Waals surface area (Å²) in [6.07, 6.45) is 7.20. The Morgan fingerprint density at radius 2 is 1.95 bits per heavy atom. The fourth-order valence-electron chi connectivity index (χ4n) is 3.64. The predicted molar refractivity (Wildman–Crippen MR) is 85.3 cm³/mol. The van der Waals surface area contributed by atoms with E-state index in [1.807, 2.05) is 12.1 Å². The van der Waals surface area contributed by atoms with E-state index in [2.05, 4.69) is 35.3 Å². The van der Waals surface area contributed by atoms with E-state index < -0.39 is 0 Å². The third-order valence-corrected chi connectivity index (χ3v) is 5.15. The summed E-state index contributed by atoms with van der Waals surface area (Å²) in [5.41, 5.74) is 6.13. The largest absolute Gasteiger partial charge is 0.271 e. The van der Waals surface area contributed by atoms with Crippen molar-refractivity contribution in [1.82, 2.24) is 15.4 Å². The van der Waals surface area contributed by atoms with Crippen LogP contribution >= 0.6 is 0 Å². The van der Waals surface area contributed by atoms with Gasteiger partial charge in [0.2, 0.25) is 0 Å². The standard InChI is InChI=1S/C17H24N4/c1-11-6-7-13(10-12(11)2)16(21-18)14-4-3-5-15-17(14)20-9-8-19-15/h3-5,8-9,11-13,16,21H,6-7,10,18H2,1-2H3. The molecule has 1 aromatic carbocycles. The van der Waals surface area contributed by atoms with E-state index in [0.717, 1.165) is 22.9 Å². The fraction of sp³-hybridized carbons (Fsp3) is 0.529. The third-order valence-electron chi connectivity index (χ3n) is 5.15. The average Bonchev–Trinajstić information content (AvgIpc) is 2.52. The Morgan fingerprint density at radius 1 is 1.14 bits per heavy atom. The normalized spacial score (nSPS) is 27.7. The number of hydrogen-bond donors (Lipinski definition) is 2. The number of nitrogens with zero attached hydrogens (tertiary/aromatic N) is 2. The Balaban J connectivity index is 1.95. The van der Waals surface area contributed by atoms with Gasteiger partial charge in [-0.25, -0.2) is 0 Å². The molecule has 0 saturated heterocycles. The van der Waals surface area contributed by atoms with Crippen LogP contribution in [-0.2, 0) is 0 Å². The van der Waals surface area contributed by atoms with Crippen LogP contribution in [0.5, 0.6) is 0 Å². The highest BCUT2D eigenvalue weighted by Crippen LogP contribution is 2.40. The van der Waals surface area contributed by atoms with Crippen LogP contribution in [0.3, 0.4) is 0 Å². The maximum atomic E-state index is 5.91. The Hall–Kier alpha value is -1.52. The predicted octanol–water partition coefficient (Wildman–Crippen LogP) is 3.21. The van der Waals surface area contributed by atoms with Crippen LogP contribution in [0.25, 0.3) is 11.0 Å². The molecule has 21 heavy (non-hydrogen) atoms. The van der Waals surface area contributed by atoms with Crippen molar-refractivity contribution in [2.75, 3.05) is 0 Å². The summed E-state index contributed by atoms with van der Waals surface area (Å²) in [7, 11) is 0. The van der Waals surface area contributed by atoms with Crippen molar-refractivity contribution in [1.29, 1.82) is 0 Å². The van der Waals surface area contributed by atoms with Gasteiger partial charge in [-0.3, -0.25) is 21.2 Å². The van der Waals surface area contributed by atoms with Crippen molar-refractivity contribution in [3.63, 3.8) is 0 Å². The number of aromatic nitrogens is 2. The number of nitrogens with two attached hydrogens (primary N) is 1. The molecule has 0 amide bonds. The topological polar surface area (TPSA) is 63.8 Å². The van der Waals surface area contributed by atoms with Gasteiger partial charge in [0.25, 0.3) is 0 Å². The Labute approximate surface area is 126 Å². The fourth-order valence-corrected chi connectivity index (χ4v) is 3.64. The van der Waals surface area contributed by atoms with Crippen LogP contribution in [-0.4, -0.2) is 9.97 Å². The number of fused-ring (bicyclic) bond motifs is 1. The van der Waals surface area contributed by atoms with Crippen LogP contribution in [0.1, 0.15) is 44.7 Å². The lowest BCUT2D eigenvalue weighted by Crippen LogP contribution is -2.37. The highest BCUT2D eigenvalue weighted by molar-refractivity contribution is 5.78. The van der Waals surface area contributed by atoms with Gasteiger partial charge < -0.3 is 0 Å². The number of hydrogen-bond acceptors (Lipinski definition) is 4. The average molecular weight is 284 g/mol. The first-order valence-electron chi connectivity index (χ1n) is 7.86. The zero-order valence-electron chi connectivity index (χ0n) is 12.8. The van der Waals surface area contributed by atoms with Crippen LogP contribution in [0.2, 0.25) is 0 Å². The summed E-state index contributed by atoms with van der Waals surface area (Å²) in [5.74, 6) is 8.03. The molecule has 1 fully saturated rings. The minimum absolute atomic E-state index is 0.153. The van der Waals surface area contributed by atoms with Crippen molar-refractivity contribution in [2.24, 2.45) is 23.6 Å². The summed E-state index contributed by atoms with van der Waals surface area (Å²) >= 11 is 0. The molecular weight excluding hydrogens is 260 g/mol. The molecule has 0 spiro atoms. The van der Waals surface area contributed by atoms with Crippen molar-refractivity contribution in [2.45, 2.75) is 39.2 Å². The van der Waals surface area contributed by atoms with Crippen molar-refractivity contribution >= 4 is 11.0 Å². The third kappa shape index (κ3) is 2.78. The zero-order valence-corrected chi connectivity index (χ0v) is 12.8. The molecule has 2 aromatic rings. The van der Waals surface area contributed by atoms with Gasteiger partial charge in [-0.1, -0.05) is 32.4 Å². The first-order chi connectivity index (χ1) is 10.2. The number of hydrazine groups is 1. The second-order valence-electron chi connectivity index (χ2n) is 6.44. The maximum absolute atomic E-state index is 5.91. The molecule has 1 aliphatic carbocycles. The highest BCUT2D eigenvalue weighted by atomic mass is 15.2. The molecule has 3 rings (SSSR count). The van der Waals surface area contributed by atoms with Crippen LogP contribution in [0.4, 0.5) is 0 Å². The lowest BCUT2D eigenvalue weighted by Gasteiger charge is -2.36. The number of para-hydroxylation sites is 1. The molecule has 4 heteroatoms. The van der Waals surface area contributed by atoms with Gasteiger partial charge in [-0.2, -0.15) is 0 Å². The molecule has 0 bridgehead atoms. The summed E-state index contributed by atoms with van der Waals surface area (Å²) in [5, 5.41) is 0. The molecule has 4 atom stereocenters. The van der Waals surface area contributed by atoms with Gasteiger partial charge >= 0.3 is 0 Å². The lowest BCUT2D eigenvalue weighted by atomic mass is 9.72. The Kier molecular flexibility index (Phi) is 4.17. The summed E-state index contributed by atoms with van der Waals surface area (Å²) in [6.45, 7) is 4.71. The first kappa shape index (κ1) is 14.4. The summed E-state index contributed by atoms with van der Waals surface area (Å²) in [4.78, 5) is 8.92. The molecule has 1 heterocycles. The zero-order chi connectivity index (χ0) is 14.8. The second kappa shape index (κ2) is 6.08. The van der Waals surface area contributed by atoms with E-state index in [-0.39, 0.29) is 6.04 Å². The molecule has 0 aliphatic heterocycles. The Bertz CT molecular complexity index is 607. The van der Waals surface area contributed by atoms with E-state index >= 15 is 0 Å². The quantitative estimate of drug-likeness (QED) is 0.671. The smallest absolute Gasteiger partial charge is 0.0935 e. The number of rotatable bonds is 3. The molecule has 4 unspecified atom stereocenters. The van der Waals surface area contributed by atoms with Gasteiger partial charge in [-0.15, -0.1) is 0 Å². The van der Waals surface area contributed by atoms with Gasteiger partial charge in [0.1, 0.15) is 0 Å². The van der Waals surface area contributed by atoms with Crippen LogP contribution in [0.15, 0.2) is 30.6 Å². The molecular formula is C17H24N4. The molecule has 1 aromatic heterocycles. The number of nitrogens with one attached hydrogen (secondary N) is 1. The van der Waals surface area contributed by atoms with Crippen LogP contribution < -0.4 is 11.3 Å². The molecule has 112 valence electrons. The SMILES string of the molecule is CC1CCC(C(NN)c2cccc3nccnc23)CC1C. The van der Waals surface area contributed by atoms with Gasteiger partial charge in [-0.05, 0) is 42.2 Å². The summed E-state index contributed by atoms with van der Waals surface area (Å²) in [6, 6.07) is 6.33.